The van der Waals surface area contributed by atoms with E-state index in [1.165, 1.54) is 13.2 Å². The molecule has 108 valence electrons. The lowest BCUT2D eigenvalue weighted by Crippen LogP contribution is -2.18. The number of nitrogens with one attached hydrogen (secondary N) is 1. The number of nitriles is 1. The maximum absolute atomic E-state index is 14.1. The van der Waals surface area contributed by atoms with E-state index in [0.29, 0.717) is 22.6 Å². The summed E-state index contributed by atoms with van der Waals surface area (Å²) in [4.78, 5) is 5.33. The molecule has 21 heavy (non-hydrogen) atoms. The van der Waals surface area contributed by atoms with Crippen LogP contribution in [0.25, 0.3) is 11.3 Å². The molecule has 4 nitrogen and oxygen atoms in total. The van der Waals surface area contributed by atoms with E-state index in [1.807, 2.05) is 0 Å². The van der Waals surface area contributed by atoms with E-state index in [9.17, 15) is 9.65 Å². The van der Waals surface area contributed by atoms with Crippen molar-refractivity contribution >= 4 is 5.82 Å². The Labute approximate surface area is 122 Å². The first-order chi connectivity index (χ1) is 10.2. The van der Waals surface area contributed by atoms with Gasteiger partial charge in [-0.2, -0.15) is 5.26 Å². The van der Waals surface area contributed by atoms with Crippen molar-refractivity contribution in [2.24, 2.45) is 0 Å². The third-order valence-electron chi connectivity index (χ3n) is 3.81. The molecule has 0 unspecified atom stereocenters. The number of aromatic nitrogens is 1. The number of anilines is 1. The van der Waals surface area contributed by atoms with Gasteiger partial charge in [0.1, 0.15) is 23.5 Å². The Morgan fingerprint density at radius 1 is 1.29 bits per heavy atom. The number of hydrogen-bond donors (Lipinski definition) is 1. The Bertz CT molecular complexity index is 696. The van der Waals surface area contributed by atoms with Gasteiger partial charge < -0.3 is 14.6 Å². The van der Waals surface area contributed by atoms with E-state index < -0.39 is 0 Å². The molecular weight excluding hydrogens is 269 g/mol. The van der Waals surface area contributed by atoms with E-state index in [4.69, 9.17) is 4.74 Å². The number of nitrogens with zero attached hydrogens (tertiary/aromatic N) is 2. The maximum Gasteiger partial charge on any atom is 0.136 e. The van der Waals surface area contributed by atoms with Crippen LogP contribution in [0.1, 0.15) is 18.4 Å². The zero-order valence-electron chi connectivity index (χ0n) is 11.8. The van der Waals surface area contributed by atoms with Gasteiger partial charge in [0.15, 0.2) is 0 Å². The molecule has 0 aliphatic carbocycles. The van der Waals surface area contributed by atoms with Crippen molar-refractivity contribution in [1.29, 1.82) is 5.26 Å². The van der Waals surface area contributed by atoms with Crippen LogP contribution < -0.4 is 9.64 Å². The summed E-state index contributed by atoms with van der Waals surface area (Å²) in [5.41, 5.74) is 1.62. The van der Waals surface area contributed by atoms with Gasteiger partial charge in [0, 0.05) is 24.7 Å². The second-order valence-electron chi connectivity index (χ2n) is 5.10. The molecule has 2 aromatic rings. The minimum atomic E-state index is -0.368. The van der Waals surface area contributed by atoms with Crippen molar-refractivity contribution in [3.8, 4) is 23.1 Å². The first-order valence-electron chi connectivity index (χ1n) is 6.95. The highest BCUT2D eigenvalue weighted by atomic mass is 19.1. The van der Waals surface area contributed by atoms with Gasteiger partial charge in [0.05, 0.1) is 18.4 Å². The molecule has 0 saturated carbocycles. The van der Waals surface area contributed by atoms with E-state index in [1.54, 1.807) is 18.2 Å². The first kappa shape index (κ1) is 13.5. The Morgan fingerprint density at radius 2 is 2.05 bits per heavy atom. The van der Waals surface area contributed by atoms with Crippen molar-refractivity contribution in [3.05, 3.63) is 35.6 Å². The van der Waals surface area contributed by atoms with Gasteiger partial charge in [-0.05, 0) is 31.0 Å². The predicted octanol–water partition coefficient (Wildman–Crippen LogP) is 3.30. The van der Waals surface area contributed by atoms with E-state index in [-0.39, 0.29) is 5.82 Å². The molecule has 0 radical (unpaired) electrons. The van der Waals surface area contributed by atoms with Gasteiger partial charge in [-0.25, -0.2) is 4.39 Å². The number of methoxy groups -OCH3 is 1. The van der Waals surface area contributed by atoms with Crippen LogP contribution in [0.3, 0.4) is 0 Å². The predicted molar refractivity (Wildman–Crippen MR) is 78.9 cm³/mol. The smallest absolute Gasteiger partial charge is 0.136 e. The molecular formula is C16H16FN3O. The normalized spacial score (nSPS) is 14.2. The zero-order valence-corrected chi connectivity index (χ0v) is 11.8. The summed E-state index contributed by atoms with van der Waals surface area (Å²) in [5.74, 6) is 0.899. The molecule has 1 fully saturated rings. The van der Waals surface area contributed by atoms with E-state index in [2.05, 4.69) is 16.0 Å². The topological polar surface area (TPSA) is 52.0 Å². The van der Waals surface area contributed by atoms with Gasteiger partial charge in [-0.15, -0.1) is 0 Å². The average molecular weight is 285 g/mol. The van der Waals surface area contributed by atoms with Crippen LogP contribution >= 0.6 is 0 Å². The van der Waals surface area contributed by atoms with Crippen molar-refractivity contribution in [1.82, 2.24) is 4.98 Å². The van der Waals surface area contributed by atoms with Crippen molar-refractivity contribution < 1.29 is 9.13 Å². The van der Waals surface area contributed by atoms with Crippen LogP contribution in [-0.2, 0) is 0 Å². The zero-order chi connectivity index (χ0) is 14.8. The average Bonchev–Trinajstić information content (AvgIpc) is 3.15. The third-order valence-corrected chi connectivity index (χ3v) is 3.81. The monoisotopic (exact) mass is 285 g/mol. The molecule has 1 aromatic carbocycles. The number of aromatic amines is 1. The summed E-state index contributed by atoms with van der Waals surface area (Å²) in [6, 6.07) is 8.61. The van der Waals surface area contributed by atoms with Crippen molar-refractivity contribution in [3.63, 3.8) is 0 Å². The van der Waals surface area contributed by atoms with Crippen LogP contribution in [0.2, 0.25) is 0 Å². The minimum Gasteiger partial charge on any atom is -0.497 e. The number of rotatable bonds is 3. The lowest BCUT2D eigenvalue weighted by Gasteiger charge is -2.15. The molecule has 0 amide bonds. The molecule has 3 rings (SSSR count). The highest BCUT2D eigenvalue weighted by Crippen LogP contribution is 2.31. The molecule has 1 aliphatic heterocycles. The lowest BCUT2D eigenvalue weighted by atomic mass is 10.1. The van der Waals surface area contributed by atoms with Gasteiger partial charge >= 0.3 is 0 Å². The van der Waals surface area contributed by atoms with E-state index in [0.717, 1.165) is 31.7 Å². The molecule has 1 saturated heterocycles. The molecule has 2 heterocycles. The number of H-pyrrole nitrogens is 1. The Morgan fingerprint density at radius 3 is 2.67 bits per heavy atom. The first-order valence-corrected chi connectivity index (χ1v) is 6.95. The minimum absolute atomic E-state index is 0.368. The van der Waals surface area contributed by atoms with Crippen LogP contribution in [0.15, 0.2) is 24.3 Å². The number of hydrogen-bond acceptors (Lipinski definition) is 3. The number of halogens is 1. The number of benzene rings is 1. The summed E-state index contributed by atoms with van der Waals surface area (Å²) in [5, 5.41) is 9.28. The third kappa shape index (κ3) is 2.45. The molecule has 5 heteroatoms. The Kier molecular flexibility index (Phi) is 3.53. The van der Waals surface area contributed by atoms with Crippen LogP contribution in [0.5, 0.6) is 5.75 Å². The van der Waals surface area contributed by atoms with Crippen molar-refractivity contribution in [2.75, 3.05) is 25.1 Å². The summed E-state index contributed by atoms with van der Waals surface area (Å²) in [6.45, 7) is 1.86. The Balaban J connectivity index is 2.01. The highest BCUT2D eigenvalue weighted by molar-refractivity contribution is 5.70. The summed E-state index contributed by atoms with van der Waals surface area (Å²) in [6.07, 6.45) is 2.24. The fraction of sp³-hybridized carbons (Fsp3) is 0.312. The Hall–Kier alpha value is -2.48. The summed E-state index contributed by atoms with van der Waals surface area (Å²) < 4.78 is 19.2. The summed E-state index contributed by atoms with van der Waals surface area (Å²) in [7, 11) is 1.50. The fourth-order valence-corrected chi connectivity index (χ4v) is 2.71. The quantitative estimate of drug-likeness (QED) is 0.941. The molecule has 0 bridgehead atoms. The molecule has 0 atom stereocenters. The van der Waals surface area contributed by atoms with Crippen LogP contribution in [0.4, 0.5) is 10.2 Å². The molecule has 1 aliphatic rings. The SMILES string of the molecule is COc1ccc(-c2cc(C#N)c(N3CCCC3)[nH]2)c(F)c1. The van der Waals surface area contributed by atoms with Crippen LogP contribution in [0, 0.1) is 17.1 Å². The molecule has 1 N–H and O–H groups in total. The standard InChI is InChI=1S/C16H16FN3O/c1-21-12-4-5-13(14(17)9-12)15-8-11(10-18)16(19-15)20-6-2-3-7-20/h4-5,8-9,19H,2-3,6-7H2,1H3. The van der Waals surface area contributed by atoms with Gasteiger partial charge in [-0.3, -0.25) is 0 Å². The number of ether oxygens (including phenoxy) is 1. The maximum atomic E-state index is 14.1. The largest absolute Gasteiger partial charge is 0.497 e. The van der Waals surface area contributed by atoms with Gasteiger partial charge in [0.2, 0.25) is 0 Å². The second kappa shape index (κ2) is 5.49. The summed E-state index contributed by atoms with van der Waals surface area (Å²) >= 11 is 0. The second-order valence-corrected chi connectivity index (χ2v) is 5.10. The molecule has 0 spiro atoms. The highest BCUT2D eigenvalue weighted by Gasteiger charge is 2.20. The van der Waals surface area contributed by atoms with Crippen molar-refractivity contribution in [2.45, 2.75) is 12.8 Å². The van der Waals surface area contributed by atoms with Crippen LogP contribution in [-0.4, -0.2) is 25.2 Å². The van der Waals surface area contributed by atoms with Gasteiger partial charge in [0.25, 0.3) is 0 Å². The fourth-order valence-electron chi connectivity index (χ4n) is 2.71. The molecule has 1 aromatic heterocycles. The van der Waals surface area contributed by atoms with Gasteiger partial charge in [-0.1, -0.05) is 0 Å². The lowest BCUT2D eigenvalue weighted by molar-refractivity contribution is 0.411. The van der Waals surface area contributed by atoms with E-state index >= 15 is 0 Å².